The Labute approximate surface area is 222 Å². The van der Waals surface area contributed by atoms with Gasteiger partial charge in [0.1, 0.15) is 11.4 Å². The highest BCUT2D eigenvalue weighted by molar-refractivity contribution is 6.35. The average molecular weight is 528 g/mol. The molecule has 0 bridgehead atoms. The summed E-state index contributed by atoms with van der Waals surface area (Å²) in [4.78, 5) is 26.6. The molecule has 1 saturated heterocycles. The molecule has 0 unspecified atom stereocenters. The molecule has 3 aromatic rings. The van der Waals surface area contributed by atoms with Gasteiger partial charge in [0.25, 0.3) is 0 Å². The first-order valence-corrected chi connectivity index (χ1v) is 13.0. The number of piperazine rings is 1. The molecule has 36 heavy (non-hydrogen) atoms. The van der Waals surface area contributed by atoms with Gasteiger partial charge in [-0.1, -0.05) is 36.2 Å². The van der Waals surface area contributed by atoms with Gasteiger partial charge in [-0.2, -0.15) is 0 Å². The SMILES string of the molecule is CCOC(=O)c1cnc(-c2ccc(N3CCN(CC)CC3)cc2)nc1N[C@H](C)c1ccc(Cl)cc1Cl. The van der Waals surface area contributed by atoms with Gasteiger partial charge in [-0.3, -0.25) is 0 Å². The van der Waals surface area contributed by atoms with Crippen molar-refractivity contribution in [2.45, 2.75) is 26.8 Å². The molecule has 2 heterocycles. The van der Waals surface area contributed by atoms with Crippen molar-refractivity contribution in [3.63, 3.8) is 0 Å². The van der Waals surface area contributed by atoms with Crippen LogP contribution in [0.1, 0.15) is 42.7 Å². The number of hydrogen-bond donors (Lipinski definition) is 1. The highest BCUT2D eigenvalue weighted by atomic mass is 35.5. The van der Waals surface area contributed by atoms with Crippen LogP contribution in [0.4, 0.5) is 11.5 Å². The summed E-state index contributed by atoms with van der Waals surface area (Å²) in [7, 11) is 0. The molecule has 0 aliphatic carbocycles. The van der Waals surface area contributed by atoms with E-state index in [2.05, 4.69) is 39.2 Å². The lowest BCUT2D eigenvalue weighted by Crippen LogP contribution is -2.46. The third kappa shape index (κ3) is 6.09. The molecule has 1 aromatic heterocycles. The lowest BCUT2D eigenvalue weighted by Gasteiger charge is -2.35. The zero-order chi connectivity index (χ0) is 25.7. The van der Waals surface area contributed by atoms with Crippen LogP contribution in [-0.4, -0.2) is 60.2 Å². The Morgan fingerprint density at radius 2 is 1.81 bits per heavy atom. The van der Waals surface area contributed by atoms with Crippen molar-refractivity contribution >= 4 is 40.7 Å². The molecule has 0 saturated carbocycles. The Morgan fingerprint density at radius 3 is 2.44 bits per heavy atom. The first-order valence-electron chi connectivity index (χ1n) is 12.2. The minimum Gasteiger partial charge on any atom is -0.462 e. The van der Waals surface area contributed by atoms with Crippen LogP contribution in [0, 0.1) is 0 Å². The highest BCUT2D eigenvalue weighted by Crippen LogP contribution is 2.30. The van der Waals surface area contributed by atoms with E-state index < -0.39 is 5.97 Å². The number of ether oxygens (including phenoxy) is 1. The van der Waals surface area contributed by atoms with E-state index in [9.17, 15) is 4.79 Å². The monoisotopic (exact) mass is 527 g/mol. The molecule has 0 amide bonds. The number of nitrogens with zero attached hydrogens (tertiary/aromatic N) is 4. The van der Waals surface area contributed by atoms with Crippen LogP contribution >= 0.6 is 23.2 Å². The number of hydrogen-bond acceptors (Lipinski definition) is 7. The van der Waals surface area contributed by atoms with Crippen LogP contribution in [0.2, 0.25) is 10.0 Å². The largest absolute Gasteiger partial charge is 0.462 e. The molecule has 9 heteroatoms. The zero-order valence-corrected chi connectivity index (χ0v) is 22.3. The number of rotatable bonds is 8. The molecule has 1 atom stereocenters. The van der Waals surface area contributed by atoms with Crippen molar-refractivity contribution in [3.8, 4) is 11.4 Å². The molecular formula is C27H31Cl2N5O2. The summed E-state index contributed by atoms with van der Waals surface area (Å²) in [6.45, 7) is 11.4. The third-order valence-electron chi connectivity index (χ3n) is 6.38. The fraction of sp³-hybridized carbons (Fsp3) is 0.370. The number of aromatic nitrogens is 2. The number of nitrogens with one attached hydrogen (secondary N) is 1. The van der Waals surface area contributed by atoms with Crippen molar-refractivity contribution in [2.24, 2.45) is 0 Å². The fourth-order valence-corrected chi connectivity index (χ4v) is 4.84. The van der Waals surface area contributed by atoms with E-state index in [-0.39, 0.29) is 18.2 Å². The molecule has 1 aliphatic heterocycles. The summed E-state index contributed by atoms with van der Waals surface area (Å²) in [6, 6.07) is 13.3. The van der Waals surface area contributed by atoms with Crippen LogP contribution in [0.15, 0.2) is 48.7 Å². The second-order valence-corrected chi connectivity index (χ2v) is 9.52. The second-order valence-electron chi connectivity index (χ2n) is 8.68. The fourth-order valence-electron chi connectivity index (χ4n) is 4.27. The van der Waals surface area contributed by atoms with Crippen molar-refractivity contribution in [2.75, 3.05) is 49.5 Å². The number of halogens is 2. The molecular weight excluding hydrogens is 497 g/mol. The molecule has 1 N–H and O–H groups in total. The van der Waals surface area contributed by atoms with Gasteiger partial charge in [-0.05, 0) is 62.4 Å². The summed E-state index contributed by atoms with van der Waals surface area (Å²) in [5, 5.41) is 4.41. The molecule has 2 aromatic carbocycles. The van der Waals surface area contributed by atoms with Crippen LogP contribution < -0.4 is 10.2 Å². The van der Waals surface area contributed by atoms with E-state index in [1.54, 1.807) is 19.1 Å². The molecule has 0 spiro atoms. The van der Waals surface area contributed by atoms with Crippen LogP contribution in [0.25, 0.3) is 11.4 Å². The molecule has 1 fully saturated rings. The van der Waals surface area contributed by atoms with Gasteiger partial charge in [-0.15, -0.1) is 0 Å². The molecule has 0 radical (unpaired) electrons. The van der Waals surface area contributed by atoms with E-state index in [1.807, 2.05) is 25.1 Å². The minimum absolute atomic E-state index is 0.241. The Morgan fingerprint density at radius 1 is 1.08 bits per heavy atom. The van der Waals surface area contributed by atoms with E-state index in [0.29, 0.717) is 21.7 Å². The van der Waals surface area contributed by atoms with Crippen LogP contribution in [0.5, 0.6) is 0 Å². The van der Waals surface area contributed by atoms with E-state index in [4.69, 9.17) is 32.9 Å². The van der Waals surface area contributed by atoms with Gasteiger partial charge >= 0.3 is 5.97 Å². The van der Waals surface area contributed by atoms with Gasteiger partial charge in [-0.25, -0.2) is 14.8 Å². The van der Waals surface area contributed by atoms with E-state index in [1.165, 1.54) is 11.9 Å². The average Bonchev–Trinajstić information content (AvgIpc) is 2.89. The van der Waals surface area contributed by atoms with Crippen LogP contribution in [-0.2, 0) is 4.74 Å². The Kier molecular flexibility index (Phi) is 8.67. The maximum Gasteiger partial charge on any atom is 0.343 e. The smallest absolute Gasteiger partial charge is 0.343 e. The summed E-state index contributed by atoms with van der Waals surface area (Å²) in [5.74, 6) is 0.418. The Balaban J connectivity index is 1.59. The second kappa shape index (κ2) is 11.9. The zero-order valence-electron chi connectivity index (χ0n) is 20.8. The van der Waals surface area contributed by atoms with Crippen molar-refractivity contribution in [1.29, 1.82) is 0 Å². The maximum absolute atomic E-state index is 12.6. The minimum atomic E-state index is -0.484. The lowest BCUT2D eigenvalue weighted by molar-refractivity contribution is 0.0526. The third-order valence-corrected chi connectivity index (χ3v) is 6.94. The van der Waals surface area contributed by atoms with E-state index >= 15 is 0 Å². The molecule has 1 aliphatic rings. The Hall–Kier alpha value is -2.87. The number of benzene rings is 2. The predicted molar refractivity (Wildman–Crippen MR) is 146 cm³/mol. The molecule has 7 nitrogen and oxygen atoms in total. The quantitative estimate of drug-likeness (QED) is 0.363. The van der Waals surface area contributed by atoms with Crippen LogP contribution in [0.3, 0.4) is 0 Å². The summed E-state index contributed by atoms with van der Waals surface area (Å²) in [5.41, 5.74) is 3.15. The van der Waals surface area contributed by atoms with Gasteiger partial charge in [0.05, 0.1) is 12.6 Å². The number of esters is 1. The van der Waals surface area contributed by atoms with Crippen molar-refractivity contribution in [3.05, 3.63) is 69.8 Å². The number of likely N-dealkylation sites (N-methyl/N-ethyl adjacent to an activating group) is 1. The molecule has 4 rings (SSSR count). The summed E-state index contributed by atoms with van der Waals surface area (Å²) in [6.07, 6.45) is 1.51. The van der Waals surface area contributed by atoms with Gasteiger partial charge in [0.2, 0.25) is 0 Å². The van der Waals surface area contributed by atoms with Gasteiger partial charge < -0.3 is 19.9 Å². The van der Waals surface area contributed by atoms with Crippen molar-refractivity contribution < 1.29 is 9.53 Å². The number of carbonyl (C=O) groups is 1. The standard InChI is InChI=1S/C27H31Cl2N5O2/c1-4-33-12-14-34(15-13-33)21-9-6-19(7-10-21)25-30-17-23(27(35)36-5-2)26(32-25)31-18(3)22-11-8-20(28)16-24(22)29/h6-11,16-18H,4-5,12-15H2,1-3H3,(H,30,31,32)/t18-/m1/s1. The van der Waals surface area contributed by atoms with Gasteiger partial charge in [0, 0.05) is 53.7 Å². The lowest BCUT2D eigenvalue weighted by atomic mass is 10.1. The molecule has 190 valence electrons. The maximum atomic E-state index is 12.6. The number of carbonyl (C=O) groups excluding carboxylic acids is 1. The first kappa shape index (κ1) is 26.2. The van der Waals surface area contributed by atoms with Crippen molar-refractivity contribution in [1.82, 2.24) is 14.9 Å². The predicted octanol–water partition coefficient (Wildman–Crippen LogP) is 5.94. The first-order chi connectivity index (χ1) is 17.4. The normalized spacial score (nSPS) is 15.0. The number of anilines is 2. The highest BCUT2D eigenvalue weighted by Gasteiger charge is 2.20. The van der Waals surface area contributed by atoms with E-state index in [0.717, 1.165) is 43.9 Å². The topological polar surface area (TPSA) is 70.6 Å². The van der Waals surface area contributed by atoms with Gasteiger partial charge in [0.15, 0.2) is 5.82 Å². The Bertz CT molecular complexity index is 1200. The summed E-state index contributed by atoms with van der Waals surface area (Å²) < 4.78 is 5.23. The summed E-state index contributed by atoms with van der Waals surface area (Å²) >= 11 is 12.5.